The molecule has 1 aromatic carbocycles. The summed E-state index contributed by atoms with van der Waals surface area (Å²) in [5.74, 6) is 0.858. The van der Waals surface area contributed by atoms with Gasteiger partial charge in [0.25, 0.3) is 0 Å². The van der Waals surface area contributed by atoms with Crippen molar-refractivity contribution < 1.29 is 4.74 Å². The van der Waals surface area contributed by atoms with Crippen molar-refractivity contribution in [3.63, 3.8) is 0 Å². The number of hydrogen-bond acceptors (Lipinski definition) is 1. The summed E-state index contributed by atoms with van der Waals surface area (Å²) >= 11 is 1.59. The third-order valence-electron chi connectivity index (χ3n) is 1.08. The van der Waals surface area contributed by atoms with Crippen LogP contribution in [0.25, 0.3) is 0 Å². The maximum absolute atomic E-state index is 5.06. The Hall–Kier alpha value is -0.682. The predicted molar refractivity (Wildman–Crippen MR) is 45.4 cm³/mol. The summed E-state index contributed by atoms with van der Waals surface area (Å²) < 4.78 is 6.32. The van der Waals surface area contributed by atoms with Crippen molar-refractivity contribution >= 4 is 21.2 Å². The molecule has 0 aromatic heterocycles. The molecule has 0 saturated heterocycles. The molecule has 0 bridgehead atoms. The zero-order chi connectivity index (χ0) is 7.40. The van der Waals surface area contributed by atoms with E-state index in [-0.39, 0.29) is 0 Å². The van der Waals surface area contributed by atoms with Gasteiger partial charge >= 0.3 is 68.8 Å². The summed E-state index contributed by atoms with van der Waals surface area (Å²) in [5, 5.41) is 0. The molecule has 0 fully saturated rings. The molecule has 1 aromatic rings. The van der Waals surface area contributed by atoms with Crippen LogP contribution in [0, 0.1) is 0 Å². The number of hydrogen-bond donors (Lipinski definition) is 0. The van der Waals surface area contributed by atoms with Crippen LogP contribution in [0.5, 0.6) is 5.75 Å². The van der Waals surface area contributed by atoms with Gasteiger partial charge in [0.1, 0.15) is 0 Å². The number of ether oxygens (including phenoxy) is 1. The Kier molecular flexibility index (Phi) is 2.58. The molecular weight excluding hydrogens is 187 g/mol. The summed E-state index contributed by atoms with van der Waals surface area (Å²) in [6.07, 6.45) is 1.43. The molecule has 2 heteroatoms. The van der Waals surface area contributed by atoms with E-state index in [0.717, 1.165) is 5.75 Å². The molecule has 0 heterocycles. The zero-order valence-electron chi connectivity index (χ0n) is 5.58. The second-order valence-electron chi connectivity index (χ2n) is 1.86. The van der Waals surface area contributed by atoms with Gasteiger partial charge in [0.15, 0.2) is 0 Å². The fraction of sp³-hybridized carbons (Fsp3) is 0. The van der Waals surface area contributed by atoms with Crippen LogP contribution in [0.15, 0.2) is 37.1 Å². The van der Waals surface area contributed by atoms with Crippen LogP contribution in [-0.2, 0) is 0 Å². The van der Waals surface area contributed by atoms with Gasteiger partial charge in [0.2, 0.25) is 0 Å². The molecule has 0 aliphatic rings. The molecular formula is C8H9AsO. The van der Waals surface area contributed by atoms with E-state index in [1.54, 1.807) is 16.9 Å². The Morgan fingerprint density at radius 2 is 2.30 bits per heavy atom. The van der Waals surface area contributed by atoms with Crippen molar-refractivity contribution in [2.45, 2.75) is 0 Å². The van der Waals surface area contributed by atoms with E-state index in [9.17, 15) is 0 Å². The summed E-state index contributed by atoms with van der Waals surface area (Å²) in [5.41, 5.74) is 0. The Bertz CT molecular complexity index is 232. The first-order valence-electron chi connectivity index (χ1n) is 2.96. The predicted octanol–water partition coefficient (Wildman–Crippen LogP) is 0.467. The second kappa shape index (κ2) is 3.48. The van der Waals surface area contributed by atoms with Gasteiger partial charge in [-0.15, -0.1) is 0 Å². The van der Waals surface area contributed by atoms with E-state index >= 15 is 0 Å². The standard InChI is InChI=1S/C8H9AsO/c1-2-10-8-5-3-4-7(9)6-8/h2-6H,1,9H2. The molecule has 10 heavy (non-hydrogen) atoms. The van der Waals surface area contributed by atoms with Crippen LogP contribution in [0.2, 0.25) is 0 Å². The Balaban J connectivity index is 2.84. The maximum atomic E-state index is 5.06. The van der Waals surface area contributed by atoms with Crippen molar-refractivity contribution in [3.8, 4) is 5.75 Å². The molecule has 0 N–H and O–H groups in total. The third kappa shape index (κ3) is 1.93. The van der Waals surface area contributed by atoms with Crippen LogP contribution in [0.1, 0.15) is 0 Å². The van der Waals surface area contributed by atoms with E-state index in [1.165, 1.54) is 10.6 Å². The van der Waals surface area contributed by atoms with E-state index in [4.69, 9.17) is 4.74 Å². The summed E-state index contributed by atoms with van der Waals surface area (Å²) in [6, 6.07) is 7.91. The fourth-order valence-electron chi connectivity index (χ4n) is 0.684. The first-order valence-corrected chi connectivity index (χ1v) is 4.17. The van der Waals surface area contributed by atoms with Crippen molar-refractivity contribution in [2.75, 3.05) is 0 Å². The monoisotopic (exact) mass is 196 g/mol. The van der Waals surface area contributed by atoms with Gasteiger partial charge in [-0.05, 0) is 0 Å². The first-order chi connectivity index (χ1) is 4.83. The van der Waals surface area contributed by atoms with Gasteiger partial charge in [0.05, 0.1) is 0 Å². The molecule has 1 nitrogen and oxygen atoms in total. The van der Waals surface area contributed by atoms with Crippen LogP contribution in [-0.4, -0.2) is 16.9 Å². The van der Waals surface area contributed by atoms with Crippen LogP contribution >= 0.6 is 0 Å². The molecule has 0 radical (unpaired) electrons. The second-order valence-corrected chi connectivity index (χ2v) is 3.26. The zero-order valence-corrected chi connectivity index (χ0v) is 8.00. The van der Waals surface area contributed by atoms with Crippen molar-refractivity contribution in [1.29, 1.82) is 0 Å². The fourth-order valence-corrected chi connectivity index (χ4v) is 1.26. The average molecular weight is 196 g/mol. The SMILES string of the molecule is C=COc1cccc([AsH2])c1. The molecule has 0 spiro atoms. The minimum atomic E-state index is 0.858. The molecule has 52 valence electrons. The van der Waals surface area contributed by atoms with Gasteiger partial charge in [-0.2, -0.15) is 0 Å². The van der Waals surface area contributed by atoms with Gasteiger partial charge in [0, 0.05) is 0 Å². The van der Waals surface area contributed by atoms with E-state index in [0.29, 0.717) is 0 Å². The molecule has 0 saturated carbocycles. The molecule has 1 atom stereocenters. The summed E-state index contributed by atoms with van der Waals surface area (Å²) in [7, 11) is 0. The van der Waals surface area contributed by atoms with E-state index in [1.807, 2.05) is 18.2 Å². The summed E-state index contributed by atoms with van der Waals surface area (Å²) in [4.78, 5) is 0. The first kappa shape index (κ1) is 7.43. The van der Waals surface area contributed by atoms with Gasteiger partial charge < -0.3 is 0 Å². The third-order valence-corrected chi connectivity index (χ3v) is 1.83. The molecule has 1 rings (SSSR count). The van der Waals surface area contributed by atoms with Crippen LogP contribution < -0.4 is 9.09 Å². The quantitative estimate of drug-likeness (QED) is 0.493. The number of rotatable bonds is 2. The van der Waals surface area contributed by atoms with Crippen molar-refractivity contribution in [1.82, 2.24) is 0 Å². The van der Waals surface area contributed by atoms with Crippen molar-refractivity contribution in [2.24, 2.45) is 0 Å². The van der Waals surface area contributed by atoms with E-state index in [2.05, 4.69) is 12.6 Å². The Labute approximate surface area is 69.2 Å². The van der Waals surface area contributed by atoms with E-state index < -0.39 is 0 Å². The van der Waals surface area contributed by atoms with Crippen LogP contribution in [0.4, 0.5) is 0 Å². The molecule has 0 aliphatic carbocycles. The minimum absolute atomic E-state index is 0.858. The van der Waals surface area contributed by atoms with Gasteiger partial charge in [-0.1, -0.05) is 0 Å². The molecule has 1 unspecified atom stereocenters. The Morgan fingerprint density at radius 3 is 2.90 bits per heavy atom. The van der Waals surface area contributed by atoms with Gasteiger partial charge in [-0.3, -0.25) is 0 Å². The number of benzene rings is 1. The molecule has 0 aliphatic heterocycles. The average Bonchev–Trinajstić information content (AvgIpc) is 1.88. The normalized spacial score (nSPS) is 8.90. The summed E-state index contributed by atoms with van der Waals surface area (Å²) in [6.45, 7) is 3.47. The van der Waals surface area contributed by atoms with Crippen molar-refractivity contribution in [3.05, 3.63) is 37.1 Å². The van der Waals surface area contributed by atoms with Crippen LogP contribution in [0.3, 0.4) is 0 Å². The molecule has 0 amide bonds. The topological polar surface area (TPSA) is 9.23 Å². The van der Waals surface area contributed by atoms with Gasteiger partial charge in [-0.25, -0.2) is 0 Å². The Morgan fingerprint density at radius 1 is 1.50 bits per heavy atom.